The number of rotatable bonds is 3. The predicted molar refractivity (Wildman–Crippen MR) is 77.1 cm³/mol. The van der Waals surface area contributed by atoms with Crippen molar-refractivity contribution in [2.75, 3.05) is 6.54 Å². The fourth-order valence-electron chi connectivity index (χ4n) is 2.81. The minimum absolute atomic E-state index is 0.121. The molecule has 3 rings (SSSR count). The van der Waals surface area contributed by atoms with Crippen LogP contribution < -0.4 is 5.73 Å². The van der Waals surface area contributed by atoms with Gasteiger partial charge >= 0.3 is 0 Å². The van der Waals surface area contributed by atoms with Gasteiger partial charge in [0.1, 0.15) is 5.82 Å². The highest BCUT2D eigenvalue weighted by molar-refractivity contribution is 5.85. The van der Waals surface area contributed by atoms with Crippen molar-refractivity contribution in [3.05, 3.63) is 53.7 Å². The molecular weight excluding hydrogens is 236 g/mol. The molecule has 0 amide bonds. The molecular formula is C15H18N4. The lowest BCUT2D eigenvalue weighted by molar-refractivity contribution is 0.698. The number of nitrogens with zero attached hydrogens (tertiary/aromatic N) is 2. The maximum atomic E-state index is 6.02. The zero-order valence-electron chi connectivity index (χ0n) is 11.2. The summed E-state index contributed by atoms with van der Waals surface area (Å²) in [5.41, 5.74) is 9.60. The van der Waals surface area contributed by atoms with Gasteiger partial charge < -0.3 is 15.3 Å². The Morgan fingerprint density at radius 2 is 2.16 bits per heavy atom. The standard InChI is InChI=1S/C15H18N4/c1-10-14(11-5-3-4-6-13(11)18-10)12(9-16)15-17-7-8-19(15)2/h3-8,12,18H,9,16H2,1-2H3. The van der Waals surface area contributed by atoms with E-state index >= 15 is 0 Å². The van der Waals surface area contributed by atoms with Crippen LogP contribution in [-0.2, 0) is 7.05 Å². The van der Waals surface area contributed by atoms with Crippen molar-refractivity contribution in [2.24, 2.45) is 12.8 Å². The molecule has 3 aromatic rings. The number of benzene rings is 1. The van der Waals surface area contributed by atoms with Crippen LogP contribution in [0.4, 0.5) is 0 Å². The summed E-state index contributed by atoms with van der Waals surface area (Å²) in [5.74, 6) is 1.13. The summed E-state index contributed by atoms with van der Waals surface area (Å²) < 4.78 is 2.04. The van der Waals surface area contributed by atoms with Gasteiger partial charge in [0, 0.05) is 42.6 Å². The first kappa shape index (κ1) is 12.0. The number of H-pyrrole nitrogens is 1. The van der Waals surface area contributed by atoms with E-state index in [4.69, 9.17) is 5.73 Å². The van der Waals surface area contributed by atoms with Gasteiger partial charge in [-0.2, -0.15) is 0 Å². The first-order chi connectivity index (χ1) is 9.22. The molecule has 0 aliphatic rings. The third kappa shape index (κ3) is 1.85. The van der Waals surface area contributed by atoms with Crippen molar-refractivity contribution in [1.82, 2.24) is 14.5 Å². The number of imidazole rings is 1. The second kappa shape index (κ2) is 4.55. The number of aromatic nitrogens is 3. The van der Waals surface area contributed by atoms with Crippen LogP contribution in [0.15, 0.2) is 36.7 Å². The summed E-state index contributed by atoms with van der Waals surface area (Å²) in [5, 5.41) is 1.23. The number of hydrogen-bond acceptors (Lipinski definition) is 2. The predicted octanol–water partition coefficient (Wildman–Crippen LogP) is 2.30. The van der Waals surface area contributed by atoms with E-state index in [1.165, 1.54) is 16.6 Å². The maximum absolute atomic E-state index is 6.02. The van der Waals surface area contributed by atoms with Crippen LogP contribution >= 0.6 is 0 Å². The van der Waals surface area contributed by atoms with Gasteiger partial charge in [0.15, 0.2) is 0 Å². The van der Waals surface area contributed by atoms with Crippen molar-refractivity contribution in [3.8, 4) is 0 Å². The summed E-state index contributed by atoms with van der Waals surface area (Å²) in [6.45, 7) is 2.65. The molecule has 0 fully saturated rings. The average molecular weight is 254 g/mol. The van der Waals surface area contributed by atoms with Crippen molar-refractivity contribution >= 4 is 10.9 Å². The highest BCUT2D eigenvalue weighted by atomic mass is 15.0. The molecule has 1 aromatic carbocycles. The third-order valence-electron chi connectivity index (χ3n) is 3.70. The SMILES string of the molecule is Cc1[nH]c2ccccc2c1C(CN)c1nccn1C. The summed E-state index contributed by atoms with van der Waals surface area (Å²) in [6, 6.07) is 8.34. The van der Waals surface area contributed by atoms with Crippen molar-refractivity contribution < 1.29 is 0 Å². The van der Waals surface area contributed by atoms with E-state index in [1.807, 2.05) is 30.1 Å². The van der Waals surface area contributed by atoms with Gasteiger partial charge in [-0.3, -0.25) is 0 Å². The molecule has 1 unspecified atom stereocenters. The molecule has 3 N–H and O–H groups in total. The van der Waals surface area contributed by atoms with Crippen molar-refractivity contribution in [1.29, 1.82) is 0 Å². The monoisotopic (exact) mass is 254 g/mol. The molecule has 4 nitrogen and oxygen atoms in total. The molecule has 0 saturated carbocycles. The fraction of sp³-hybridized carbons (Fsp3) is 0.267. The molecule has 0 aliphatic heterocycles. The molecule has 1 atom stereocenters. The molecule has 2 aromatic heterocycles. The molecule has 0 aliphatic carbocycles. The quantitative estimate of drug-likeness (QED) is 0.753. The molecule has 98 valence electrons. The zero-order chi connectivity index (χ0) is 13.4. The lowest BCUT2D eigenvalue weighted by atomic mass is 9.95. The number of nitrogens with one attached hydrogen (secondary N) is 1. The Balaban J connectivity index is 2.22. The normalized spacial score (nSPS) is 13.0. The summed E-state index contributed by atoms with van der Waals surface area (Å²) in [6.07, 6.45) is 3.78. The molecule has 4 heteroatoms. The topological polar surface area (TPSA) is 59.6 Å². The highest BCUT2D eigenvalue weighted by Gasteiger charge is 2.22. The smallest absolute Gasteiger partial charge is 0.117 e. The number of para-hydroxylation sites is 1. The van der Waals surface area contributed by atoms with Gasteiger partial charge in [-0.25, -0.2) is 4.98 Å². The van der Waals surface area contributed by atoms with Crippen LogP contribution in [0.1, 0.15) is 23.0 Å². The largest absolute Gasteiger partial charge is 0.358 e. The maximum Gasteiger partial charge on any atom is 0.117 e. The van der Waals surface area contributed by atoms with Gasteiger partial charge in [0.05, 0.1) is 5.92 Å². The molecule has 0 spiro atoms. The average Bonchev–Trinajstić information content (AvgIpc) is 2.96. The Kier molecular flexibility index (Phi) is 2.87. The number of aryl methyl sites for hydroxylation is 2. The van der Waals surface area contributed by atoms with E-state index < -0.39 is 0 Å². The van der Waals surface area contributed by atoms with Crippen molar-refractivity contribution in [2.45, 2.75) is 12.8 Å². The second-order valence-corrected chi connectivity index (χ2v) is 4.89. The second-order valence-electron chi connectivity index (χ2n) is 4.89. The van der Waals surface area contributed by atoms with Crippen LogP contribution in [-0.4, -0.2) is 21.1 Å². The van der Waals surface area contributed by atoms with Gasteiger partial charge in [-0.1, -0.05) is 18.2 Å². The fourth-order valence-corrected chi connectivity index (χ4v) is 2.81. The van der Waals surface area contributed by atoms with Gasteiger partial charge in [0.25, 0.3) is 0 Å². The molecule has 0 radical (unpaired) electrons. The summed E-state index contributed by atoms with van der Waals surface area (Å²) >= 11 is 0. The Bertz CT molecular complexity index is 708. The van der Waals surface area contributed by atoms with Gasteiger partial charge in [-0.05, 0) is 18.6 Å². The lowest BCUT2D eigenvalue weighted by Gasteiger charge is -2.15. The summed E-state index contributed by atoms with van der Waals surface area (Å²) in [7, 11) is 2.01. The van der Waals surface area contributed by atoms with E-state index in [2.05, 4.69) is 35.1 Å². The molecule has 2 heterocycles. The molecule has 0 bridgehead atoms. The molecule has 0 saturated heterocycles. The van der Waals surface area contributed by atoms with Crippen LogP contribution in [0.25, 0.3) is 10.9 Å². The minimum Gasteiger partial charge on any atom is -0.358 e. The number of aromatic amines is 1. The van der Waals surface area contributed by atoms with E-state index in [1.54, 1.807) is 0 Å². The first-order valence-corrected chi connectivity index (χ1v) is 6.47. The van der Waals surface area contributed by atoms with Crippen LogP contribution in [0, 0.1) is 6.92 Å². The minimum atomic E-state index is 0.121. The zero-order valence-corrected chi connectivity index (χ0v) is 11.2. The third-order valence-corrected chi connectivity index (χ3v) is 3.70. The number of fused-ring (bicyclic) bond motifs is 1. The van der Waals surface area contributed by atoms with Gasteiger partial charge in [0.2, 0.25) is 0 Å². The van der Waals surface area contributed by atoms with Crippen LogP contribution in [0.2, 0.25) is 0 Å². The van der Waals surface area contributed by atoms with Crippen molar-refractivity contribution in [3.63, 3.8) is 0 Å². The van der Waals surface area contributed by atoms with E-state index in [0.717, 1.165) is 11.3 Å². The Morgan fingerprint density at radius 1 is 1.37 bits per heavy atom. The van der Waals surface area contributed by atoms with Crippen LogP contribution in [0.3, 0.4) is 0 Å². The Labute approximate surface area is 112 Å². The Morgan fingerprint density at radius 3 is 2.84 bits per heavy atom. The van der Waals surface area contributed by atoms with E-state index in [-0.39, 0.29) is 5.92 Å². The number of nitrogens with two attached hydrogens (primary N) is 1. The van der Waals surface area contributed by atoms with E-state index in [0.29, 0.717) is 6.54 Å². The van der Waals surface area contributed by atoms with Crippen LogP contribution in [0.5, 0.6) is 0 Å². The first-order valence-electron chi connectivity index (χ1n) is 6.47. The molecule has 19 heavy (non-hydrogen) atoms. The lowest BCUT2D eigenvalue weighted by Crippen LogP contribution is -2.18. The summed E-state index contributed by atoms with van der Waals surface area (Å²) in [4.78, 5) is 7.89. The van der Waals surface area contributed by atoms with Gasteiger partial charge in [-0.15, -0.1) is 0 Å². The number of hydrogen-bond donors (Lipinski definition) is 2. The van der Waals surface area contributed by atoms with E-state index in [9.17, 15) is 0 Å². The Hall–Kier alpha value is -2.07. The highest BCUT2D eigenvalue weighted by Crippen LogP contribution is 2.32.